The van der Waals surface area contributed by atoms with Crippen LogP contribution < -0.4 is 9.47 Å². The summed E-state index contributed by atoms with van der Waals surface area (Å²) >= 11 is 0. The van der Waals surface area contributed by atoms with Crippen molar-refractivity contribution >= 4 is 21.8 Å². The minimum absolute atomic E-state index is 0.0117. The summed E-state index contributed by atoms with van der Waals surface area (Å²) in [6, 6.07) is 7.98. The van der Waals surface area contributed by atoms with Crippen LogP contribution in [0.4, 0.5) is 13.2 Å². The molecule has 1 unspecified atom stereocenters. The van der Waals surface area contributed by atoms with Gasteiger partial charge in [-0.15, -0.1) is 0 Å². The molecule has 3 rings (SSSR count). The molecular weight excluding hydrogens is 395 g/mol. The van der Waals surface area contributed by atoms with Gasteiger partial charge in [-0.1, -0.05) is 6.92 Å². The Morgan fingerprint density at radius 1 is 1.14 bits per heavy atom. The van der Waals surface area contributed by atoms with Crippen molar-refractivity contribution in [2.75, 3.05) is 13.2 Å². The number of aromatic amines is 1. The van der Waals surface area contributed by atoms with Gasteiger partial charge in [0.2, 0.25) is 0 Å². The maximum absolute atomic E-state index is 12.6. The van der Waals surface area contributed by atoms with Crippen molar-refractivity contribution in [3.63, 3.8) is 0 Å². The van der Waals surface area contributed by atoms with Crippen LogP contribution in [-0.4, -0.2) is 38.6 Å². The van der Waals surface area contributed by atoms with Gasteiger partial charge in [0, 0.05) is 18.3 Å². The summed E-state index contributed by atoms with van der Waals surface area (Å²) in [5, 5.41) is 0.256. The van der Waals surface area contributed by atoms with Gasteiger partial charge in [0.1, 0.15) is 11.5 Å². The molecule has 3 aromatic rings. The number of H-pyrrole nitrogens is 1. The van der Waals surface area contributed by atoms with Gasteiger partial charge in [-0.05, 0) is 24.6 Å². The van der Waals surface area contributed by atoms with E-state index in [0.29, 0.717) is 29.1 Å². The second kappa shape index (κ2) is 8.59. The van der Waals surface area contributed by atoms with E-state index in [1.807, 2.05) is 6.92 Å². The topological polar surface area (TPSA) is 77.1 Å². The summed E-state index contributed by atoms with van der Waals surface area (Å²) in [4.78, 5) is 11.3. The van der Waals surface area contributed by atoms with Gasteiger partial charge in [0.25, 0.3) is 0 Å². The summed E-state index contributed by atoms with van der Waals surface area (Å²) in [6.45, 7) is 1.20. The largest absolute Gasteiger partial charge is 0.494 e. The number of hydrogen-bond acceptors (Lipinski definition) is 5. The monoisotopic (exact) mass is 413 g/mol. The molecule has 10 heteroatoms. The van der Waals surface area contributed by atoms with Crippen LogP contribution in [-0.2, 0) is 16.6 Å². The number of pyridine rings is 1. The van der Waals surface area contributed by atoms with E-state index in [0.717, 1.165) is 6.42 Å². The van der Waals surface area contributed by atoms with Gasteiger partial charge in [0.05, 0.1) is 39.9 Å². The summed E-state index contributed by atoms with van der Waals surface area (Å²) < 4.78 is 59.6. The molecule has 0 bridgehead atoms. The first kappa shape index (κ1) is 20.1. The zero-order chi connectivity index (χ0) is 20.1. The van der Waals surface area contributed by atoms with Gasteiger partial charge >= 0.3 is 6.18 Å². The molecule has 2 heterocycles. The first-order valence-corrected chi connectivity index (χ1v) is 9.81. The number of nitrogens with zero attached hydrogens (tertiary/aromatic N) is 2. The van der Waals surface area contributed by atoms with Crippen LogP contribution in [0, 0.1) is 0 Å². The molecule has 0 saturated carbocycles. The van der Waals surface area contributed by atoms with Crippen LogP contribution in [0.3, 0.4) is 0 Å². The van der Waals surface area contributed by atoms with Crippen LogP contribution in [0.2, 0.25) is 0 Å². The molecule has 1 N–H and O–H groups in total. The lowest BCUT2D eigenvalue weighted by atomic mass is 10.3. The quantitative estimate of drug-likeness (QED) is 0.604. The smallest absolute Gasteiger partial charge is 0.422 e. The molecule has 1 aromatic carbocycles. The molecule has 0 fully saturated rings. The third kappa shape index (κ3) is 5.44. The lowest BCUT2D eigenvalue weighted by molar-refractivity contribution is -0.153. The van der Waals surface area contributed by atoms with E-state index < -0.39 is 23.6 Å². The third-order valence-electron chi connectivity index (χ3n) is 3.59. The minimum atomic E-state index is -4.43. The highest BCUT2D eigenvalue weighted by Crippen LogP contribution is 2.22. The summed E-state index contributed by atoms with van der Waals surface area (Å²) in [5.74, 6) is 0.690. The van der Waals surface area contributed by atoms with Gasteiger partial charge in [-0.2, -0.15) is 13.2 Å². The lowest BCUT2D eigenvalue weighted by Crippen LogP contribution is -2.19. The molecule has 0 aliphatic heterocycles. The number of fused-ring (bicyclic) bond motifs is 1. The Kier molecular flexibility index (Phi) is 6.18. The Morgan fingerprint density at radius 2 is 1.93 bits per heavy atom. The number of rotatable bonds is 8. The number of nitrogens with one attached hydrogen (secondary N) is 1. The lowest BCUT2D eigenvalue weighted by Gasteiger charge is -2.09. The van der Waals surface area contributed by atoms with E-state index in [1.54, 1.807) is 18.2 Å². The molecule has 28 heavy (non-hydrogen) atoms. The van der Waals surface area contributed by atoms with Gasteiger partial charge in [0.15, 0.2) is 11.8 Å². The fourth-order valence-electron chi connectivity index (χ4n) is 2.38. The highest BCUT2D eigenvalue weighted by Gasteiger charge is 2.28. The maximum Gasteiger partial charge on any atom is 0.422 e. The van der Waals surface area contributed by atoms with Crippen molar-refractivity contribution in [3.05, 3.63) is 42.2 Å². The van der Waals surface area contributed by atoms with E-state index >= 15 is 0 Å². The summed E-state index contributed by atoms with van der Waals surface area (Å²) in [6.07, 6.45) is -2.23. The highest BCUT2D eigenvalue weighted by molar-refractivity contribution is 7.84. The molecular formula is C18H18F3N3O3S. The summed E-state index contributed by atoms with van der Waals surface area (Å²) in [5.41, 5.74) is 1.67. The number of hydrogen-bond donors (Lipinski definition) is 1. The average molecular weight is 413 g/mol. The van der Waals surface area contributed by atoms with Crippen LogP contribution in [0.5, 0.6) is 11.5 Å². The Bertz CT molecular complexity index is 975. The van der Waals surface area contributed by atoms with Crippen LogP contribution in [0.25, 0.3) is 11.0 Å². The van der Waals surface area contributed by atoms with Crippen LogP contribution >= 0.6 is 0 Å². The first-order chi connectivity index (χ1) is 13.3. The molecule has 0 radical (unpaired) electrons. The van der Waals surface area contributed by atoms with Crippen molar-refractivity contribution in [2.45, 2.75) is 30.4 Å². The van der Waals surface area contributed by atoms with Gasteiger partial charge < -0.3 is 14.5 Å². The van der Waals surface area contributed by atoms with E-state index in [1.165, 1.54) is 18.3 Å². The number of halogens is 3. The standard InChI is InChI=1S/C18H18F3N3O3S/c1-2-7-26-13-3-4-15-16(9-13)24-17(23-15)28(25)10-12-8-14(5-6-22-12)27-11-18(19,20)21/h3-6,8-9H,2,7,10-11H2,1H3,(H,23,24). The molecule has 0 saturated heterocycles. The van der Waals surface area contributed by atoms with Crippen LogP contribution in [0.1, 0.15) is 19.0 Å². The summed E-state index contributed by atoms with van der Waals surface area (Å²) in [7, 11) is -1.56. The predicted molar refractivity (Wildman–Crippen MR) is 97.8 cm³/mol. The van der Waals surface area contributed by atoms with E-state index in [-0.39, 0.29) is 16.7 Å². The molecule has 6 nitrogen and oxygen atoms in total. The zero-order valence-corrected chi connectivity index (χ0v) is 15.8. The molecule has 2 aromatic heterocycles. The molecule has 0 amide bonds. The average Bonchev–Trinajstić information content (AvgIpc) is 3.08. The number of ether oxygens (including phenoxy) is 2. The second-order valence-electron chi connectivity index (χ2n) is 5.95. The van der Waals surface area contributed by atoms with Gasteiger partial charge in [-0.3, -0.25) is 9.19 Å². The van der Waals surface area contributed by atoms with Crippen molar-refractivity contribution in [3.8, 4) is 11.5 Å². The SMILES string of the molecule is CCCOc1ccc2nc(S(=O)Cc3cc(OCC(F)(F)F)ccn3)[nH]c2c1. The van der Waals surface area contributed by atoms with E-state index in [4.69, 9.17) is 9.47 Å². The molecule has 150 valence electrons. The fourth-order valence-corrected chi connectivity index (χ4v) is 3.36. The fraction of sp³-hybridized carbons (Fsp3) is 0.333. The molecule has 0 aliphatic rings. The maximum atomic E-state index is 12.6. The first-order valence-electron chi connectivity index (χ1n) is 8.49. The normalized spacial score (nSPS) is 12.9. The number of aromatic nitrogens is 3. The van der Waals surface area contributed by atoms with Crippen molar-refractivity contribution in [2.24, 2.45) is 0 Å². The molecule has 1 atom stereocenters. The Hall–Kier alpha value is -2.62. The highest BCUT2D eigenvalue weighted by atomic mass is 32.2. The van der Waals surface area contributed by atoms with Crippen molar-refractivity contribution < 1.29 is 26.9 Å². The van der Waals surface area contributed by atoms with Crippen molar-refractivity contribution in [1.29, 1.82) is 0 Å². The number of imidazole rings is 1. The van der Waals surface area contributed by atoms with E-state index in [9.17, 15) is 17.4 Å². The number of alkyl halides is 3. The molecule has 0 spiro atoms. The zero-order valence-electron chi connectivity index (χ0n) is 15.0. The van der Waals surface area contributed by atoms with Crippen molar-refractivity contribution in [1.82, 2.24) is 15.0 Å². The second-order valence-corrected chi connectivity index (χ2v) is 7.31. The Morgan fingerprint density at radius 3 is 2.68 bits per heavy atom. The molecule has 0 aliphatic carbocycles. The Labute approximate surface area is 161 Å². The minimum Gasteiger partial charge on any atom is -0.494 e. The Balaban J connectivity index is 1.70. The number of benzene rings is 1. The predicted octanol–water partition coefficient (Wildman–Crippen LogP) is 4.00. The van der Waals surface area contributed by atoms with Crippen LogP contribution in [0.15, 0.2) is 41.7 Å². The van der Waals surface area contributed by atoms with E-state index in [2.05, 4.69) is 15.0 Å². The third-order valence-corrected chi connectivity index (χ3v) is 4.77. The van der Waals surface area contributed by atoms with Gasteiger partial charge in [-0.25, -0.2) is 4.98 Å².